The Labute approximate surface area is 420 Å². The third-order valence-corrected chi connectivity index (χ3v) is 16.1. The number of nitrogens with zero attached hydrogens (tertiary/aromatic N) is 8. The Kier molecular flexibility index (Phi) is 14.8. The monoisotopic (exact) mass is 994 g/mol. The Balaban J connectivity index is 0.999. The predicted molar refractivity (Wildman–Crippen MR) is 269 cm³/mol. The number of benzene rings is 1. The summed E-state index contributed by atoms with van der Waals surface area (Å²) in [6, 6.07) is 4.39. The first-order chi connectivity index (χ1) is 34.1. The molecule has 380 valence electrons. The number of aromatic nitrogens is 2. The molecule has 0 saturated carbocycles. The number of aryl methyl sites for hydroxylation is 1. The number of aliphatic imine (C=N–C) groups is 1. The first kappa shape index (κ1) is 50.4. The van der Waals surface area contributed by atoms with E-state index in [0.29, 0.717) is 81.4 Å². The van der Waals surface area contributed by atoms with Crippen LogP contribution in [0.4, 0.5) is 0 Å². The van der Waals surface area contributed by atoms with Crippen molar-refractivity contribution in [1.82, 2.24) is 40.0 Å². The van der Waals surface area contributed by atoms with E-state index in [2.05, 4.69) is 71.1 Å². The van der Waals surface area contributed by atoms with Gasteiger partial charge >= 0.3 is 6.17 Å². The number of hydrogen-bond donors (Lipinski definition) is 2. The summed E-state index contributed by atoms with van der Waals surface area (Å²) < 4.78 is 13.5. The van der Waals surface area contributed by atoms with Gasteiger partial charge in [-0.25, -0.2) is 9.82 Å². The van der Waals surface area contributed by atoms with Crippen LogP contribution >= 0.6 is 11.3 Å². The van der Waals surface area contributed by atoms with Crippen molar-refractivity contribution in [3.63, 3.8) is 0 Å². The van der Waals surface area contributed by atoms with E-state index in [9.17, 15) is 24.1 Å². The molecule has 1 aromatic carbocycles. The zero-order valence-electron chi connectivity index (χ0n) is 42.3. The lowest BCUT2D eigenvalue weighted by Gasteiger charge is -2.35. The Bertz CT molecular complexity index is 2690. The van der Waals surface area contributed by atoms with Crippen molar-refractivity contribution in [1.29, 1.82) is 0 Å². The smallest absolute Gasteiger partial charge is 0.326 e. The van der Waals surface area contributed by atoms with Gasteiger partial charge < -0.3 is 29.2 Å². The number of nitrogens with one attached hydrogen (secondary N) is 2. The summed E-state index contributed by atoms with van der Waals surface area (Å²) in [5.74, 6) is 4.16. The molecule has 5 atom stereocenters. The summed E-state index contributed by atoms with van der Waals surface area (Å²) in [7, 11) is 3.79. The van der Waals surface area contributed by atoms with Crippen molar-refractivity contribution in [2.75, 3.05) is 72.7 Å². The summed E-state index contributed by atoms with van der Waals surface area (Å²) in [4.78, 5) is 93.2. The lowest BCUT2D eigenvalue weighted by Crippen LogP contribution is -2.62. The summed E-state index contributed by atoms with van der Waals surface area (Å²) in [5.41, 5.74) is 8.75. The molecule has 4 fully saturated rings. The number of methoxy groups -OCH3 is 1. The van der Waals surface area contributed by atoms with Gasteiger partial charge in [-0.15, -0.1) is 11.3 Å². The van der Waals surface area contributed by atoms with E-state index >= 15 is 0 Å². The molecule has 1 unspecified atom stereocenters. The van der Waals surface area contributed by atoms with Gasteiger partial charge in [-0.3, -0.25) is 34.1 Å². The first-order valence-corrected chi connectivity index (χ1v) is 26.2. The van der Waals surface area contributed by atoms with Crippen molar-refractivity contribution in [3.8, 4) is 23.1 Å². The van der Waals surface area contributed by atoms with Crippen LogP contribution in [0, 0.1) is 33.5 Å². The number of carbonyl (C=O) groups is 4. The maximum absolute atomic E-state index is 14.8. The van der Waals surface area contributed by atoms with Crippen LogP contribution in [-0.2, 0) is 53.4 Å². The highest BCUT2D eigenvalue weighted by atomic mass is 32.1. The van der Waals surface area contributed by atoms with Gasteiger partial charge in [0, 0.05) is 111 Å². The van der Waals surface area contributed by atoms with Crippen LogP contribution in [0.5, 0.6) is 0 Å². The molecule has 2 aromatic heterocycles. The van der Waals surface area contributed by atoms with Gasteiger partial charge in [0.25, 0.3) is 11.8 Å². The van der Waals surface area contributed by atoms with Gasteiger partial charge in [-0.2, -0.15) is 5.43 Å². The third kappa shape index (κ3) is 10.4. The largest absolute Gasteiger partial charge is 0.379 e. The number of thiazole rings is 1. The second-order valence-electron chi connectivity index (χ2n) is 21.2. The molecule has 19 heteroatoms. The number of fused-ring (bicyclic) bond motifs is 6. The second-order valence-corrected chi connectivity index (χ2v) is 22.1. The van der Waals surface area contributed by atoms with Crippen LogP contribution in [0.3, 0.4) is 0 Å². The number of ether oxygens (including phenoxy) is 2. The SMILES string of the molecule is CO[C@@H](C)C1=C(c2c3c4cc(ccc4n2C)-c2csc(n2)C[C@H](NC(=O)[C@H](C(C)C)N2CCC4(CCN(C(=O)C#CCN5CCOCC5)C4)C2=O)C(=O)N2CCC[C@H](N2)[N+](=O)OCC(C)(C)C3)CCC=N1. The number of morpholine rings is 1. The molecule has 4 saturated heterocycles. The van der Waals surface area contributed by atoms with E-state index in [-0.39, 0.29) is 43.4 Å². The molecule has 18 nitrogen and oxygen atoms in total. The minimum absolute atomic E-state index is 0.0777. The fourth-order valence-electron chi connectivity index (χ4n) is 11.2. The molecule has 6 aliphatic rings. The molecule has 6 aliphatic heterocycles. The average molecular weight is 994 g/mol. The normalized spacial score (nSPS) is 25.1. The minimum atomic E-state index is -1.09. The van der Waals surface area contributed by atoms with Crippen LogP contribution in [0.15, 0.2) is 34.3 Å². The molecule has 0 radical (unpaired) electrons. The Hall–Kier alpha value is -5.52. The van der Waals surface area contributed by atoms with Gasteiger partial charge in [0.2, 0.25) is 16.7 Å². The maximum Gasteiger partial charge on any atom is 0.326 e. The molecule has 3 aromatic rings. The summed E-state index contributed by atoms with van der Waals surface area (Å²) in [5, 5.41) is 8.18. The molecule has 71 heavy (non-hydrogen) atoms. The highest BCUT2D eigenvalue weighted by Gasteiger charge is 2.54. The van der Waals surface area contributed by atoms with E-state index in [1.807, 2.05) is 32.4 Å². The van der Waals surface area contributed by atoms with Crippen LogP contribution in [0.1, 0.15) is 89.4 Å². The van der Waals surface area contributed by atoms with Gasteiger partial charge in [0.1, 0.15) is 12.1 Å². The molecular formula is C52H69N10O8S+. The van der Waals surface area contributed by atoms with Crippen molar-refractivity contribution in [2.45, 2.75) is 110 Å². The lowest BCUT2D eigenvalue weighted by molar-refractivity contribution is -0.835. The van der Waals surface area contributed by atoms with E-state index in [0.717, 1.165) is 70.6 Å². The predicted octanol–water partition coefficient (Wildman–Crippen LogP) is 4.50. The number of allylic oxidation sites excluding steroid dienone is 1. The highest BCUT2D eigenvalue weighted by Crippen LogP contribution is 2.43. The maximum atomic E-state index is 14.8. The summed E-state index contributed by atoms with van der Waals surface area (Å²) >= 11 is 1.42. The van der Waals surface area contributed by atoms with Crippen LogP contribution in [0.2, 0.25) is 0 Å². The molecule has 2 N–H and O–H groups in total. The van der Waals surface area contributed by atoms with Crippen LogP contribution in [-0.4, -0.2) is 161 Å². The third-order valence-electron chi connectivity index (χ3n) is 15.2. The van der Waals surface area contributed by atoms with Gasteiger partial charge in [-0.1, -0.05) is 39.7 Å². The zero-order chi connectivity index (χ0) is 50.2. The first-order valence-electron chi connectivity index (χ1n) is 25.3. The summed E-state index contributed by atoms with van der Waals surface area (Å²) in [6.45, 7) is 14.7. The van der Waals surface area contributed by atoms with Crippen molar-refractivity contribution < 1.29 is 38.4 Å². The number of rotatable bonds is 8. The number of hydrazine groups is 1. The molecule has 1 spiro atoms. The van der Waals surface area contributed by atoms with Crippen LogP contribution in [0.25, 0.3) is 27.7 Å². The standard InChI is InChI=1S/C52H68N10O8S/c1-33(2)46(60-22-17-52(50(60)66)16-21-59(31-52)44(63)13-10-19-58-23-25-69-26-24-58)48(64)55-39-28-43-54-40(30-71-43)35-14-15-41-37(27-35)38(47(57(41)6)36-11-8-18-53-45(36)34(3)68-7)29-51(4,5)32-70-62(67)42-12-9-20-61(56-42)49(39)65/h14-15,18,27,30,33-34,39,42,46,56H,8-9,11-12,16-17,19-26,28-29,31-32H2,1-7H3/p+1/t34-,39-,42+,46-,52?/m0/s1. The number of likely N-dealkylation sites (tertiary alicyclic amines) is 2. The second kappa shape index (κ2) is 20.9. The van der Waals surface area contributed by atoms with Gasteiger partial charge in [0.05, 0.1) is 52.6 Å². The summed E-state index contributed by atoms with van der Waals surface area (Å²) in [6.07, 6.45) is 5.11. The minimum Gasteiger partial charge on any atom is -0.379 e. The van der Waals surface area contributed by atoms with Gasteiger partial charge in [0.15, 0.2) is 6.61 Å². The molecule has 9 rings (SSSR count). The topological polar surface area (TPSA) is 183 Å². The Morgan fingerprint density at radius 1 is 1.10 bits per heavy atom. The molecule has 8 heterocycles. The number of hydrogen-bond acceptors (Lipinski definition) is 13. The fourth-order valence-corrected chi connectivity index (χ4v) is 12.1. The van der Waals surface area contributed by atoms with E-state index in [1.54, 1.807) is 16.9 Å². The molecule has 6 bridgehead atoms. The molecular weight excluding hydrogens is 925 g/mol. The number of carbonyl (C=O) groups excluding carboxylic acids is 4. The van der Waals surface area contributed by atoms with E-state index in [4.69, 9.17) is 24.3 Å². The molecule has 4 amide bonds. The number of amides is 4. The zero-order valence-corrected chi connectivity index (χ0v) is 43.1. The Morgan fingerprint density at radius 3 is 2.66 bits per heavy atom. The van der Waals surface area contributed by atoms with Crippen molar-refractivity contribution in [3.05, 3.63) is 50.4 Å². The lowest BCUT2D eigenvalue weighted by atomic mass is 9.83. The average Bonchev–Trinajstić information content (AvgIpc) is 4.16. The molecule has 0 aliphatic carbocycles. The van der Waals surface area contributed by atoms with E-state index in [1.165, 1.54) is 16.3 Å². The fraction of sp³-hybridized carbons (Fsp3) is 0.615. The van der Waals surface area contributed by atoms with E-state index < -0.39 is 40.9 Å². The van der Waals surface area contributed by atoms with Crippen molar-refractivity contribution in [2.24, 2.45) is 28.8 Å². The van der Waals surface area contributed by atoms with Crippen LogP contribution < -0.4 is 10.7 Å². The van der Waals surface area contributed by atoms with Crippen molar-refractivity contribution >= 4 is 57.7 Å². The Morgan fingerprint density at radius 2 is 1.89 bits per heavy atom. The highest BCUT2D eigenvalue weighted by molar-refractivity contribution is 7.10. The van der Waals surface area contributed by atoms with Gasteiger partial charge in [-0.05, 0) is 75.0 Å². The quantitative estimate of drug-likeness (QED) is 0.304.